The minimum Gasteiger partial charge on any atom is -0.463 e. The third-order valence-electron chi connectivity index (χ3n) is 4.88. The number of quaternary nitrogens is 1. The maximum Gasteiger partial charge on any atom is 0.279 e. The van der Waals surface area contributed by atoms with Crippen molar-refractivity contribution in [3.8, 4) is 0 Å². The number of hydrogen-bond donors (Lipinski definition) is 2. The molecule has 0 radical (unpaired) electrons. The van der Waals surface area contributed by atoms with E-state index in [0.717, 1.165) is 5.76 Å². The molecular formula is C22H19N2O4+. The molecule has 0 saturated carbocycles. The van der Waals surface area contributed by atoms with Crippen LogP contribution in [-0.2, 0) is 4.79 Å². The fourth-order valence-corrected chi connectivity index (χ4v) is 3.40. The highest BCUT2D eigenvalue weighted by Gasteiger charge is 2.31. The third-order valence-corrected chi connectivity index (χ3v) is 4.88. The van der Waals surface area contributed by atoms with E-state index in [1.165, 1.54) is 0 Å². The van der Waals surface area contributed by atoms with E-state index in [1.807, 2.05) is 18.3 Å². The van der Waals surface area contributed by atoms with Crippen molar-refractivity contribution in [2.24, 2.45) is 0 Å². The van der Waals surface area contributed by atoms with Crippen molar-refractivity contribution in [2.45, 2.75) is 13.0 Å². The van der Waals surface area contributed by atoms with Gasteiger partial charge in [-0.25, -0.2) is 0 Å². The summed E-state index contributed by atoms with van der Waals surface area (Å²) in [5.41, 5.74) is 1.67. The summed E-state index contributed by atoms with van der Waals surface area (Å²) in [5, 5.41) is 4.62. The lowest BCUT2D eigenvalue weighted by Crippen LogP contribution is -2.86. The number of carbonyl (C=O) groups is 3. The second-order valence-corrected chi connectivity index (χ2v) is 6.72. The zero-order valence-electron chi connectivity index (χ0n) is 15.3. The standard InChI is InChI=1S/C22H18N2O4/c1-13(18-10-5-11-28-18)23-12-19(25)24-17-9-4-8-16-20(17)22(27)15-7-3-2-6-14(15)21(16)26/h2-11,13,23H,12H2,1H3,(H,24,25)/p+1/t13-/m1/s1. The average molecular weight is 375 g/mol. The van der Waals surface area contributed by atoms with E-state index in [2.05, 4.69) is 5.32 Å². The highest BCUT2D eigenvalue weighted by atomic mass is 16.3. The molecule has 0 aliphatic heterocycles. The maximum absolute atomic E-state index is 13.0. The van der Waals surface area contributed by atoms with E-state index in [4.69, 9.17) is 4.42 Å². The van der Waals surface area contributed by atoms with Gasteiger partial charge in [0, 0.05) is 16.7 Å². The summed E-state index contributed by atoms with van der Waals surface area (Å²) in [6, 6.07) is 15.3. The first-order valence-corrected chi connectivity index (χ1v) is 9.04. The molecule has 6 heteroatoms. The number of ketones is 2. The largest absolute Gasteiger partial charge is 0.463 e. The summed E-state index contributed by atoms with van der Waals surface area (Å²) in [5.74, 6) is 0.0570. The molecule has 0 fully saturated rings. The molecule has 0 saturated heterocycles. The van der Waals surface area contributed by atoms with Crippen LogP contribution in [0.3, 0.4) is 0 Å². The van der Waals surface area contributed by atoms with Crippen LogP contribution in [0, 0.1) is 0 Å². The fraction of sp³-hybridized carbons (Fsp3) is 0.136. The van der Waals surface area contributed by atoms with Gasteiger partial charge in [0.1, 0.15) is 6.04 Å². The quantitative estimate of drug-likeness (QED) is 0.560. The van der Waals surface area contributed by atoms with Gasteiger partial charge >= 0.3 is 0 Å². The van der Waals surface area contributed by atoms with Crippen LogP contribution in [0.15, 0.2) is 65.3 Å². The summed E-state index contributed by atoms with van der Waals surface area (Å²) < 4.78 is 5.33. The Bertz CT molecular complexity index is 1070. The van der Waals surface area contributed by atoms with Gasteiger partial charge in [-0.05, 0) is 25.1 Å². The zero-order chi connectivity index (χ0) is 19.7. The summed E-state index contributed by atoms with van der Waals surface area (Å²) >= 11 is 0. The molecule has 1 aliphatic carbocycles. The first kappa shape index (κ1) is 17.9. The second kappa shape index (κ2) is 7.25. The lowest BCUT2D eigenvalue weighted by Gasteiger charge is -2.20. The molecule has 3 N–H and O–H groups in total. The fourth-order valence-electron chi connectivity index (χ4n) is 3.40. The van der Waals surface area contributed by atoms with Crippen molar-refractivity contribution in [3.05, 3.63) is 88.9 Å². The molecule has 3 aromatic rings. The van der Waals surface area contributed by atoms with Crippen molar-refractivity contribution in [1.29, 1.82) is 0 Å². The Labute approximate surface area is 161 Å². The average Bonchev–Trinajstić information content (AvgIpc) is 3.25. The Morgan fingerprint density at radius 3 is 2.39 bits per heavy atom. The van der Waals surface area contributed by atoms with Crippen molar-refractivity contribution in [3.63, 3.8) is 0 Å². The Kier molecular flexibility index (Phi) is 4.63. The molecule has 28 heavy (non-hydrogen) atoms. The molecule has 1 atom stereocenters. The van der Waals surface area contributed by atoms with Crippen LogP contribution in [0.25, 0.3) is 0 Å². The molecule has 1 heterocycles. The molecular weight excluding hydrogens is 356 g/mol. The number of furan rings is 1. The minimum absolute atomic E-state index is 0.0134. The summed E-state index contributed by atoms with van der Waals surface area (Å²) in [7, 11) is 0. The van der Waals surface area contributed by atoms with Crippen LogP contribution < -0.4 is 10.6 Å². The van der Waals surface area contributed by atoms with Crippen LogP contribution in [-0.4, -0.2) is 24.0 Å². The van der Waals surface area contributed by atoms with Crippen LogP contribution in [0.1, 0.15) is 50.6 Å². The molecule has 0 bridgehead atoms. The first-order valence-electron chi connectivity index (χ1n) is 9.04. The lowest BCUT2D eigenvalue weighted by molar-refractivity contribution is -0.684. The second-order valence-electron chi connectivity index (χ2n) is 6.72. The number of anilines is 1. The van der Waals surface area contributed by atoms with Gasteiger partial charge in [0.05, 0.1) is 17.5 Å². The van der Waals surface area contributed by atoms with Gasteiger partial charge in [-0.2, -0.15) is 0 Å². The highest BCUT2D eigenvalue weighted by molar-refractivity contribution is 6.30. The zero-order valence-corrected chi connectivity index (χ0v) is 15.3. The molecule has 0 unspecified atom stereocenters. The monoisotopic (exact) mass is 375 g/mol. The van der Waals surface area contributed by atoms with Crippen molar-refractivity contribution in [1.82, 2.24) is 0 Å². The van der Waals surface area contributed by atoms with Gasteiger partial charge in [0.15, 0.2) is 23.9 Å². The highest BCUT2D eigenvalue weighted by Crippen LogP contribution is 2.31. The van der Waals surface area contributed by atoms with E-state index in [0.29, 0.717) is 22.4 Å². The van der Waals surface area contributed by atoms with E-state index in [1.54, 1.807) is 54.8 Å². The number of rotatable bonds is 5. The van der Waals surface area contributed by atoms with Gasteiger partial charge in [-0.1, -0.05) is 36.4 Å². The normalized spacial score (nSPS) is 13.6. The predicted molar refractivity (Wildman–Crippen MR) is 102 cm³/mol. The minimum atomic E-state index is -0.258. The van der Waals surface area contributed by atoms with Gasteiger partial charge < -0.3 is 15.1 Å². The molecule has 6 nitrogen and oxygen atoms in total. The number of benzene rings is 2. The molecule has 140 valence electrons. The summed E-state index contributed by atoms with van der Waals surface area (Å²) in [6.07, 6.45) is 1.59. The van der Waals surface area contributed by atoms with Gasteiger partial charge in [0.2, 0.25) is 0 Å². The number of fused-ring (bicyclic) bond motifs is 2. The predicted octanol–water partition coefficient (Wildman–Crippen LogP) is 2.32. The number of nitrogens with two attached hydrogens (primary N) is 1. The smallest absolute Gasteiger partial charge is 0.279 e. The lowest BCUT2D eigenvalue weighted by atomic mass is 9.83. The summed E-state index contributed by atoms with van der Waals surface area (Å²) in [4.78, 5) is 38.1. The van der Waals surface area contributed by atoms with Gasteiger partial charge in [-0.15, -0.1) is 0 Å². The van der Waals surface area contributed by atoms with E-state index >= 15 is 0 Å². The first-order chi connectivity index (χ1) is 13.6. The van der Waals surface area contributed by atoms with E-state index in [-0.39, 0.29) is 35.6 Å². The van der Waals surface area contributed by atoms with Gasteiger partial charge in [-0.3, -0.25) is 14.4 Å². The Morgan fingerprint density at radius 2 is 1.68 bits per heavy atom. The number of nitrogens with one attached hydrogen (secondary N) is 1. The van der Waals surface area contributed by atoms with Crippen molar-refractivity contribution >= 4 is 23.2 Å². The Hall–Kier alpha value is -3.51. The third kappa shape index (κ3) is 3.14. The Morgan fingerprint density at radius 1 is 0.964 bits per heavy atom. The molecule has 4 rings (SSSR count). The maximum atomic E-state index is 13.0. The number of hydrogen-bond acceptors (Lipinski definition) is 4. The Balaban J connectivity index is 1.54. The van der Waals surface area contributed by atoms with Crippen LogP contribution in [0.4, 0.5) is 5.69 Å². The SMILES string of the molecule is C[C@@H]([NH2+]CC(=O)Nc1cccc2c1C(=O)c1ccccc1C2=O)c1ccco1. The van der Waals surface area contributed by atoms with Crippen LogP contribution in [0.5, 0.6) is 0 Å². The molecule has 1 aliphatic rings. The van der Waals surface area contributed by atoms with Crippen molar-refractivity contribution < 1.29 is 24.1 Å². The number of amides is 1. The van der Waals surface area contributed by atoms with Crippen LogP contribution >= 0.6 is 0 Å². The van der Waals surface area contributed by atoms with E-state index < -0.39 is 0 Å². The van der Waals surface area contributed by atoms with Gasteiger partial charge in [0.25, 0.3) is 5.91 Å². The molecule has 0 spiro atoms. The molecule has 1 amide bonds. The number of carbonyl (C=O) groups excluding carboxylic acids is 3. The molecule has 2 aromatic carbocycles. The topological polar surface area (TPSA) is 93.0 Å². The van der Waals surface area contributed by atoms with Crippen LogP contribution in [0.2, 0.25) is 0 Å². The van der Waals surface area contributed by atoms with Crippen molar-refractivity contribution in [2.75, 3.05) is 11.9 Å². The molecule has 1 aromatic heterocycles. The summed E-state index contributed by atoms with van der Waals surface area (Å²) in [6.45, 7) is 2.10. The van der Waals surface area contributed by atoms with E-state index in [9.17, 15) is 14.4 Å².